The summed E-state index contributed by atoms with van der Waals surface area (Å²) in [6.07, 6.45) is 5.19. The predicted octanol–water partition coefficient (Wildman–Crippen LogP) is 4.45. The molecule has 0 radical (unpaired) electrons. The molecule has 0 bridgehead atoms. The molecule has 28 heavy (non-hydrogen) atoms. The Hall–Kier alpha value is -3.22. The van der Waals surface area contributed by atoms with E-state index in [4.69, 9.17) is 14.2 Å². The zero-order valence-electron chi connectivity index (χ0n) is 16.0. The van der Waals surface area contributed by atoms with E-state index < -0.39 is 0 Å². The zero-order chi connectivity index (χ0) is 19.8. The van der Waals surface area contributed by atoms with Gasteiger partial charge in [-0.15, -0.1) is 0 Å². The van der Waals surface area contributed by atoms with E-state index in [-0.39, 0.29) is 28.5 Å². The molecule has 2 aliphatic rings. The number of hydrogen-bond donors (Lipinski definition) is 1. The summed E-state index contributed by atoms with van der Waals surface area (Å²) in [5, 5.41) is 14.8. The number of nitrogens with one attached hydrogen (secondary N) is 1. The summed E-state index contributed by atoms with van der Waals surface area (Å²) in [5.41, 5.74) is 3.02. The average Bonchev–Trinajstić information content (AvgIpc) is 3.21. The van der Waals surface area contributed by atoms with Gasteiger partial charge in [0.05, 0.1) is 32.3 Å². The molecule has 7 nitrogen and oxygen atoms in total. The Bertz CT molecular complexity index is 931. The van der Waals surface area contributed by atoms with Crippen LogP contribution in [0.3, 0.4) is 0 Å². The van der Waals surface area contributed by atoms with Crippen molar-refractivity contribution in [2.24, 2.45) is 5.92 Å². The number of non-ortho nitro benzene ring substituents is 1. The molecule has 7 heteroatoms. The van der Waals surface area contributed by atoms with Gasteiger partial charge in [-0.2, -0.15) is 0 Å². The highest BCUT2D eigenvalue weighted by atomic mass is 16.6. The Morgan fingerprint density at radius 3 is 2.39 bits per heavy atom. The van der Waals surface area contributed by atoms with E-state index in [0.717, 1.165) is 23.2 Å². The summed E-state index contributed by atoms with van der Waals surface area (Å²) in [6.45, 7) is 0. The number of fused-ring (bicyclic) bond motifs is 3. The Labute approximate surface area is 163 Å². The maximum atomic E-state index is 11.2. The Morgan fingerprint density at radius 2 is 1.79 bits per heavy atom. The summed E-state index contributed by atoms with van der Waals surface area (Å²) in [6, 6.07) is 8.96. The van der Waals surface area contributed by atoms with Crippen LogP contribution in [0.1, 0.15) is 29.5 Å². The van der Waals surface area contributed by atoms with Gasteiger partial charge >= 0.3 is 0 Å². The Morgan fingerprint density at radius 1 is 1.07 bits per heavy atom. The number of benzene rings is 2. The molecular formula is C21H22N2O5. The molecular weight excluding hydrogens is 360 g/mol. The van der Waals surface area contributed by atoms with Gasteiger partial charge < -0.3 is 19.5 Å². The van der Waals surface area contributed by atoms with Crippen LogP contribution < -0.4 is 19.5 Å². The summed E-state index contributed by atoms with van der Waals surface area (Å²) in [4.78, 5) is 10.8. The largest absolute Gasteiger partial charge is 0.493 e. The number of hydrogen-bond acceptors (Lipinski definition) is 6. The van der Waals surface area contributed by atoms with Gasteiger partial charge in [-0.25, -0.2) is 0 Å². The molecule has 0 unspecified atom stereocenters. The lowest BCUT2D eigenvalue weighted by molar-refractivity contribution is -0.384. The SMILES string of the molecule is COc1cc([C@@H]2Nc3ccc([N+](=O)[O-])cc3[C@H]3C=CC[C@H]32)cc(OC)c1OC. The average molecular weight is 382 g/mol. The smallest absolute Gasteiger partial charge is 0.269 e. The normalized spacial score (nSPS) is 22.0. The van der Waals surface area contributed by atoms with Crippen molar-refractivity contribution in [1.29, 1.82) is 0 Å². The molecule has 1 aliphatic heterocycles. The minimum Gasteiger partial charge on any atom is -0.493 e. The Kier molecular flexibility index (Phi) is 4.58. The van der Waals surface area contributed by atoms with Crippen LogP contribution in [-0.4, -0.2) is 26.3 Å². The van der Waals surface area contributed by atoms with Gasteiger partial charge in [-0.1, -0.05) is 12.2 Å². The van der Waals surface area contributed by atoms with E-state index in [2.05, 4.69) is 17.5 Å². The lowest BCUT2D eigenvalue weighted by Crippen LogP contribution is -2.29. The van der Waals surface area contributed by atoms with Gasteiger partial charge in [0.2, 0.25) is 5.75 Å². The minimum atomic E-state index is -0.348. The molecule has 0 spiro atoms. The summed E-state index contributed by atoms with van der Waals surface area (Å²) >= 11 is 0. The molecule has 0 saturated heterocycles. The lowest BCUT2D eigenvalue weighted by atomic mass is 9.77. The quantitative estimate of drug-likeness (QED) is 0.467. The minimum absolute atomic E-state index is 0.0164. The van der Waals surface area contributed by atoms with E-state index in [9.17, 15) is 10.1 Å². The van der Waals surface area contributed by atoms with E-state index in [1.165, 1.54) is 6.07 Å². The third-order valence-corrected chi connectivity index (χ3v) is 5.60. The summed E-state index contributed by atoms with van der Waals surface area (Å²) in [7, 11) is 4.78. The molecule has 1 aliphatic carbocycles. The van der Waals surface area contributed by atoms with Crippen molar-refractivity contribution >= 4 is 11.4 Å². The van der Waals surface area contributed by atoms with Crippen molar-refractivity contribution in [1.82, 2.24) is 0 Å². The first kappa shape index (κ1) is 18.2. The van der Waals surface area contributed by atoms with Crippen LogP contribution in [0.4, 0.5) is 11.4 Å². The maximum Gasteiger partial charge on any atom is 0.269 e. The predicted molar refractivity (Wildman–Crippen MR) is 106 cm³/mol. The molecule has 2 aromatic rings. The molecule has 4 rings (SSSR count). The van der Waals surface area contributed by atoms with Crippen molar-refractivity contribution in [2.75, 3.05) is 26.6 Å². The van der Waals surface area contributed by atoms with Crippen LogP contribution in [0.5, 0.6) is 17.2 Å². The lowest BCUT2D eigenvalue weighted by Gasteiger charge is -2.37. The number of rotatable bonds is 5. The molecule has 0 aromatic heterocycles. The maximum absolute atomic E-state index is 11.2. The molecule has 0 saturated carbocycles. The number of ether oxygens (including phenoxy) is 3. The number of methoxy groups -OCH3 is 3. The molecule has 1 heterocycles. The van der Waals surface area contributed by atoms with Crippen LogP contribution in [0.15, 0.2) is 42.5 Å². The van der Waals surface area contributed by atoms with Crippen molar-refractivity contribution in [2.45, 2.75) is 18.4 Å². The monoisotopic (exact) mass is 382 g/mol. The molecule has 146 valence electrons. The van der Waals surface area contributed by atoms with Crippen LogP contribution >= 0.6 is 0 Å². The van der Waals surface area contributed by atoms with E-state index in [1.807, 2.05) is 12.1 Å². The second kappa shape index (κ2) is 7.07. The highest BCUT2D eigenvalue weighted by molar-refractivity contribution is 5.64. The Balaban J connectivity index is 1.79. The van der Waals surface area contributed by atoms with E-state index in [0.29, 0.717) is 17.2 Å². The van der Waals surface area contributed by atoms with Crippen LogP contribution in [0, 0.1) is 16.0 Å². The van der Waals surface area contributed by atoms with Gasteiger partial charge in [-0.05, 0) is 41.7 Å². The molecule has 2 aromatic carbocycles. The van der Waals surface area contributed by atoms with Gasteiger partial charge in [0.25, 0.3) is 5.69 Å². The van der Waals surface area contributed by atoms with Gasteiger partial charge in [-0.3, -0.25) is 10.1 Å². The fourth-order valence-electron chi connectivity index (χ4n) is 4.31. The second-order valence-corrected chi connectivity index (χ2v) is 6.96. The topological polar surface area (TPSA) is 82.9 Å². The number of nitro groups is 1. The number of nitrogens with zero attached hydrogens (tertiary/aromatic N) is 1. The zero-order valence-corrected chi connectivity index (χ0v) is 16.0. The van der Waals surface area contributed by atoms with Crippen LogP contribution in [-0.2, 0) is 0 Å². The highest BCUT2D eigenvalue weighted by Gasteiger charge is 2.39. The molecule has 0 amide bonds. The van der Waals surface area contributed by atoms with Crippen molar-refractivity contribution in [3.63, 3.8) is 0 Å². The summed E-state index contributed by atoms with van der Waals surface area (Å²) < 4.78 is 16.5. The first-order valence-electron chi connectivity index (χ1n) is 9.08. The number of allylic oxidation sites excluding steroid dienone is 2. The van der Waals surface area contributed by atoms with Crippen molar-refractivity contribution < 1.29 is 19.1 Å². The summed E-state index contributed by atoms with van der Waals surface area (Å²) in [5.74, 6) is 2.14. The van der Waals surface area contributed by atoms with E-state index in [1.54, 1.807) is 33.5 Å². The second-order valence-electron chi connectivity index (χ2n) is 6.96. The van der Waals surface area contributed by atoms with Crippen molar-refractivity contribution in [3.8, 4) is 17.2 Å². The van der Waals surface area contributed by atoms with Crippen LogP contribution in [0.2, 0.25) is 0 Å². The van der Waals surface area contributed by atoms with E-state index >= 15 is 0 Å². The first-order valence-corrected chi connectivity index (χ1v) is 9.08. The first-order chi connectivity index (χ1) is 13.6. The molecule has 0 fully saturated rings. The van der Waals surface area contributed by atoms with Gasteiger partial charge in [0, 0.05) is 23.7 Å². The number of anilines is 1. The fraction of sp³-hybridized carbons (Fsp3) is 0.333. The molecule has 1 N–H and O–H groups in total. The van der Waals surface area contributed by atoms with Gasteiger partial charge in [0.15, 0.2) is 11.5 Å². The third-order valence-electron chi connectivity index (χ3n) is 5.60. The standard InChI is InChI=1S/C21H22N2O5/c1-26-18-9-12(10-19(27-2)21(18)28-3)20-15-6-4-5-14(15)16-11-13(23(24)25)7-8-17(16)22-20/h4-5,7-11,14-15,20,22H,6H2,1-3H3/t14-,15+,20-/m0/s1. The third kappa shape index (κ3) is 2.83. The fourth-order valence-corrected chi connectivity index (χ4v) is 4.31. The van der Waals surface area contributed by atoms with Gasteiger partial charge in [0.1, 0.15) is 0 Å². The highest BCUT2D eigenvalue weighted by Crippen LogP contribution is 2.52. The van der Waals surface area contributed by atoms with Crippen molar-refractivity contribution in [3.05, 3.63) is 63.7 Å². The number of nitro benzene ring substituents is 1. The molecule has 3 atom stereocenters. The van der Waals surface area contributed by atoms with Crippen LogP contribution in [0.25, 0.3) is 0 Å².